The van der Waals surface area contributed by atoms with Gasteiger partial charge >= 0.3 is 0 Å². The van der Waals surface area contributed by atoms with Gasteiger partial charge in [0.15, 0.2) is 0 Å². The lowest BCUT2D eigenvalue weighted by molar-refractivity contribution is -0.107. The Bertz CT molecular complexity index is 393. The van der Waals surface area contributed by atoms with Gasteiger partial charge in [0.1, 0.15) is 6.29 Å². The zero-order chi connectivity index (χ0) is 9.10. The van der Waals surface area contributed by atoms with Gasteiger partial charge in [-0.1, -0.05) is 17.9 Å². The predicted octanol–water partition coefficient (Wildman–Crippen LogP) is 1.73. The van der Waals surface area contributed by atoms with Crippen LogP contribution >= 0.6 is 0 Å². The van der Waals surface area contributed by atoms with Gasteiger partial charge in [-0.25, -0.2) is 0 Å². The standard InChI is InChI=1S/C12H10O/c13-8-2-1-3-10-4-5-11-6-7-12(11)9-10/h4-5,8-9H,2,6-7H2. The summed E-state index contributed by atoms with van der Waals surface area (Å²) >= 11 is 0. The summed E-state index contributed by atoms with van der Waals surface area (Å²) < 4.78 is 0. The van der Waals surface area contributed by atoms with E-state index >= 15 is 0 Å². The summed E-state index contributed by atoms with van der Waals surface area (Å²) in [5.74, 6) is 5.77. The average molecular weight is 170 g/mol. The molecule has 1 aliphatic rings. The number of carbonyl (C=O) groups is 1. The van der Waals surface area contributed by atoms with E-state index in [1.54, 1.807) is 0 Å². The van der Waals surface area contributed by atoms with E-state index in [1.165, 1.54) is 24.0 Å². The van der Waals surface area contributed by atoms with Gasteiger partial charge in [0.2, 0.25) is 0 Å². The topological polar surface area (TPSA) is 17.1 Å². The summed E-state index contributed by atoms with van der Waals surface area (Å²) in [5.41, 5.74) is 3.89. The quantitative estimate of drug-likeness (QED) is 0.463. The van der Waals surface area contributed by atoms with Crippen LogP contribution in [0.4, 0.5) is 0 Å². The number of aldehydes is 1. The van der Waals surface area contributed by atoms with Crippen molar-refractivity contribution < 1.29 is 4.79 Å². The Kier molecular flexibility index (Phi) is 2.14. The maximum absolute atomic E-state index is 10.0. The van der Waals surface area contributed by atoms with Gasteiger partial charge in [-0.3, -0.25) is 0 Å². The summed E-state index contributed by atoms with van der Waals surface area (Å²) in [7, 11) is 0. The van der Waals surface area contributed by atoms with E-state index in [4.69, 9.17) is 0 Å². The molecule has 13 heavy (non-hydrogen) atoms. The van der Waals surface area contributed by atoms with Crippen molar-refractivity contribution in [3.8, 4) is 11.8 Å². The zero-order valence-electron chi connectivity index (χ0n) is 7.34. The molecule has 0 amide bonds. The molecule has 1 aliphatic carbocycles. The smallest absolute Gasteiger partial charge is 0.131 e. The van der Waals surface area contributed by atoms with Crippen molar-refractivity contribution in [1.82, 2.24) is 0 Å². The van der Waals surface area contributed by atoms with Crippen LogP contribution < -0.4 is 0 Å². The van der Waals surface area contributed by atoms with Gasteiger partial charge in [-0.05, 0) is 36.1 Å². The molecule has 2 rings (SSSR count). The second-order valence-corrected chi connectivity index (χ2v) is 3.16. The molecule has 1 heteroatoms. The SMILES string of the molecule is O=CCC#Cc1ccc2c(c1)CC2. The third kappa shape index (κ3) is 1.62. The molecule has 0 saturated carbocycles. The maximum atomic E-state index is 10.0. The Morgan fingerprint density at radius 3 is 2.77 bits per heavy atom. The lowest BCUT2D eigenvalue weighted by Crippen LogP contribution is -2.07. The Labute approximate surface area is 77.8 Å². The predicted molar refractivity (Wildman–Crippen MR) is 51.4 cm³/mol. The fraction of sp³-hybridized carbons (Fsp3) is 0.250. The van der Waals surface area contributed by atoms with Crippen molar-refractivity contribution in [1.29, 1.82) is 0 Å². The summed E-state index contributed by atoms with van der Waals surface area (Å²) in [4.78, 5) is 10.0. The maximum Gasteiger partial charge on any atom is 0.131 e. The van der Waals surface area contributed by atoms with Gasteiger partial charge in [0, 0.05) is 5.56 Å². The largest absolute Gasteiger partial charge is 0.302 e. The minimum absolute atomic E-state index is 0.330. The van der Waals surface area contributed by atoms with Crippen molar-refractivity contribution in [2.75, 3.05) is 0 Å². The molecule has 1 aromatic carbocycles. The van der Waals surface area contributed by atoms with Crippen LogP contribution in [0.25, 0.3) is 0 Å². The summed E-state index contributed by atoms with van der Waals surface area (Å²) in [5, 5.41) is 0. The molecule has 1 nitrogen and oxygen atoms in total. The Hall–Kier alpha value is -1.55. The second kappa shape index (κ2) is 3.45. The highest BCUT2D eigenvalue weighted by Crippen LogP contribution is 2.23. The summed E-state index contributed by atoms with van der Waals surface area (Å²) in [6.07, 6.45) is 3.54. The van der Waals surface area contributed by atoms with Crippen LogP contribution in [0.5, 0.6) is 0 Å². The molecule has 0 fully saturated rings. The van der Waals surface area contributed by atoms with Crippen molar-refractivity contribution in [3.05, 3.63) is 34.9 Å². The van der Waals surface area contributed by atoms with Gasteiger partial charge in [-0.15, -0.1) is 0 Å². The van der Waals surface area contributed by atoms with Crippen molar-refractivity contribution in [3.63, 3.8) is 0 Å². The third-order valence-electron chi connectivity index (χ3n) is 2.29. The highest BCUT2D eigenvalue weighted by Gasteiger charge is 2.11. The van der Waals surface area contributed by atoms with E-state index < -0.39 is 0 Å². The molecule has 0 atom stereocenters. The van der Waals surface area contributed by atoms with Crippen LogP contribution in [0.1, 0.15) is 23.1 Å². The van der Waals surface area contributed by atoms with Crippen LogP contribution in [0.3, 0.4) is 0 Å². The number of hydrogen-bond donors (Lipinski definition) is 0. The number of hydrogen-bond acceptors (Lipinski definition) is 1. The molecule has 0 heterocycles. The minimum Gasteiger partial charge on any atom is -0.302 e. The summed E-state index contributed by atoms with van der Waals surface area (Å²) in [6.45, 7) is 0. The van der Waals surface area contributed by atoms with Crippen LogP contribution in [-0.4, -0.2) is 6.29 Å². The molecule has 0 unspecified atom stereocenters. The van der Waals surface area contributed by atoms with E-state index in [0.29, 0.717) is 6.42 Å². The third-order valence-corrected chi connectivity index (χ3v) is 2.29. The first-order valence-corrected chi connectivity index (χ1v) is 4.44. The highest BCUT2D eigenvalue weighted by atomic mass is 16.1. The molecule has 0 saturated heterocycles. The number of fused-ring (bicyclic) bond motifs is 1. The van der Waals surface area contributed by atoms with Crippen LogP contribution in [0, 0.1) is 11.8 Å². The monoisotopic (exact) mass is 170 g/mol. The first-order valence-electron chi connectivity index (χ1n) is 4.44. The minimum atomic E-state index is 0.330. The van der Waals surface area contributed by atoms with E-state index in [-0.39, 0.29) is 0 Å². The van der Waals surface area contributed by atoms with E-state index in [0.717, 1.165) is 11.8 Å². The van der Waals surface area contributed by atoms with Gasteiger partial charge in [-0.2, -0.15) is 0 Å². The first-order chi connectivity index (χ1) is 6.40. The Balaban J connectivity index is 2.19. The molecule has 1 aromatic rings. The first kappa shape index (κ1) is 8.07. The molecule has 0 N–H and O–H groups in total. The lowest BCUT2D eigenvalue weighted by Gasteiger charge is -2.17. The zero-order valence-corrected chi connectivity index (χ0v) is 7.34. The number of aryl methyl sites for hydroxylation is 2. The molecular weight excluding hydrogens is 160 g/mol. The van der Waals surface area contributed by atoms with Gasteiger partial charge in [0.05, 0.1) is 6.42 Å². The molecular formula is C12H10O. The van der Waals surface area contributed by atoms with E-state index in [9.17, 15) is 4.79 Å². The van der Waals surface area contributed by atoms with Crippen LogP contribution in [0.15, 0.2) is 18.2 Å². The molecule has 0 bridgehead atoms. The van der Waals surface area contributed by atoms with Crippen LogP contribution in [-0.2, 0) is 17.6 Å². The number of rotatable bonds is 1. The number of carbonyl (C=O) groups excluding carboxylic acids is 1. The average Bonchev–Trinajstić information content (AvgIpc) is 2.10. The Morgan fingerprint density at radius 2 is 2.15 bits per heavy atom. The van der Waals surface area contributed by atoms with Crippen molar-refractivity contribution >= 4 is 6.29 Å². The number of benzene rings is 1. The molecule has 0 aliphatic heterocycles. The van der Waals surface area contributed by atoms with Gasteiger partial charge in [0.25, 0.3) is 0 Å². The molecule has 0 aromatic heterocycles. The van der Waals surface area contributed by atoms with Crippen LogP contribution in [0.2, 0.25) is 0 Å². The summed E-state index contributed by atoms with van der Waals surface area (Å²) in [6, 6.07) is 6.27. The normalized spacial score (nSPS) is 12.0. The second-order valence-electron chi connectivity index (χ2n) is 3.16. The van der Waals surface area contributed by atoms with Crippen molar-refractivity contribution in [2.24, 2.45) is 0 Å². The molecule has 0 spiro atoms. The fourth-order valence-electron chi connectivity index (χ4n) is 1.47. The fourth-order valence-corrected chi connectivity index (χ4v) is 1.47. The van der Waals surface area contributed by atoms with E-state index in [1.807, 2.05) is 6.07 Å². The van der Waals surface area contributed by atoms with E-state index in [2.05, 4.69) is 24.0 Å². The van der Waals surface area contributed by atoms with Gasteiger partial charge < -0.3 is 4.79 Å². The lowest BCUT2D eigenvalue weighted by atomic mass is 9.87. The highest BCUT2D eigenvalue weighted by molar-refractivity contribution is 5.55. The Morgan fingerprint density at radius 1 is 1.31 bits per heavy atom. The molecule has 0 radical (unpaired) electrons. The van der Waals surface area contributed by atoms with Crippen molar-refractivity contribution in [2.45, 2.75) is 19.3 Å². The molecule has 64 valence electrons.